The summed E-state index contributed by atoms with van der Waals surface area (Å²) in [6.07, 6.45) is 9.04. The van der Waals surface area contributed by atoms with Crippen LogP contribution in [0.2, 0.25) is 0 Å². The first kappa shape index (κ1) is 13.1. The molecule has 2 aliphatic carbocycles. The van der Waals surface area contributed by atoms with Crippen LogP contribution >= 0.6 is 0 Å². The Kier molecular flexibility index (Phi) is 3.90. The Morgan fingerprint density at radius 3 is 2.79 bits per heavy atom. The maximum absolute atomic E-state index is 6.64. The van der Waals surface area contributed by atoms with E-state index in [1.54, 1.807) is 0 Å². The minimum Gasteiger partial charge on any atom is -0.366 e. The molecule has 1 aromatic carbocycles. The topological polar surface area (TPSA) is 21.3 Å². The van der Waals surface area contributed by atoms with Gasteiger partial charge in [-0.1, -0.05) is 37.1 Å². The Labute approximate surface area is 116 Å². The van der Waals surface area contributed by atoms with Gasteiger partial charge in [0.2, 0.25) is 0 Å². The molecule has 1 atom stereocenters. The van der Waals surface area contributed by atoms with Gasteiger partial charge in [-0.3, -0.25) is 0 Å². The van der Waals surface area contributed by atoms with Crippen LogP contribution in [0.1, 0.15) is 55.8 Å². The average Bonchev–Trinajstić information content (AvgIpc) is 2.88. The van der Waals surface area contributed by atoms with E-state index in [-0.39, 0.29) is 5.60 Å². The third kappa shape index (κ3) is 2.70. The summed E-state index contributed by atoms with van der Waals surface area (Å²) in [7, 11) is 2.04. The van der Waals surface area contributed by atoms with Gasteiger partial charge in [-0.2, -0.15) is 0 Å². The van der Waals surface area contributed by atoms with Crippen molar-refractivity contribution in [2.45, 2.75) is 56.7 Å². The lowest BCUT2D eigenvalue weighted by Crippen LogP contribution is -2.41. The second-order valence-electron chi connectivity index (χ2n) is 6.12. The minimum atomic E-state index is 0.0872. The number of fused-ring (bicyclic) bond motifs is 1. The maximum atomic E-state index is 6.64. The second-order valence-corrected chi connectivity index (χ2v) is 6.12. The summed E-state index contributed by atoms with van der Waals surface area (Å²) in [5, 5.41) is 3.34. The highest BCUT2D eigenvalue weighted by atomic mass is 16.5. The van der Waals surface area contributed by atoms with E-state index in [2.05, 4.69) is 29.6 Å². The molecule has 1 aromatic rings. The fraction of sp³-hybridized carbons (Fsp3) is 0.647. The van der Waals surface area contributed by atoms with Crippen molar-refractivity contribution in [1.82, 2.24) is 5.32 Å². The third-order valence-electron chi connectivity index (χ3n) is 4.72. The molecule has 1 N–H and O–H groups in total. The first-order chi connectivity index (χ1) is 9.33. The lowest BCUT2D eigenvalue weighted by atomic mass is 9.88. The van der Waals surface area contributed by atoms with Crippen LogP contribution in [0.3, 0.4) is 0 Å². The van der Waals surface area contributed by atoms with Crippen molar-refractivity contribution in [2.24, 2.45) is 0 Å². The monoisotopic (exact) mass is 259 g/mol. The molecule has 3 rings (SSSR count). The smallest absolute Gasteiger partial charge is 0.0835 e. The van der Waals surface area contributed by atoms with E-state index in [1.165, 1.54) is 56.1 Å². The Hall–Kier alpha value is -0.860. The molecule has 2 nitrogen and oxygen atoms in total. The molecule has 0 amide bonds. The van der Waals surface area contributed by atoms with Gasteiger partial charge in [-0.05, 0) is 50.3 Å². The molecule has 0 aromatic heterocycles. The number of benzene rings is 1. The number of hydrogen-bond acceptors (Lipinski definition) is 2. The van der Waals surface area contributed by atoms with Gasteiger partial charge in [0, 0.05) is 6.54 Å². The van der Waals surface area contributed by atoms with E-state index < -0.39 is 0 Å². The highest BCUT2D eigenvalue weighted by Crippen LogP contribution is 2.41. The van der Waals surface area contributed by atoms with E-state index >= 15 is 0 Å². The van der Waals surface area contributed by atoms with Crippen molar-refractivity contribution in [3.63, 3.8) is 0 Å². The Balaban J connectivity index is 1.80. The zero-order chi connectivity index (χ0) is 13.1. The fourth-order valence-corrected chi connectivity index (χ4v) is 3.81. The SMILES string of the molecule is CNCC1(OC2CCCc3ccccc32)CCCC1. The maximum Gasteiger partial charge on any atom is 0.0835 e. The molecule has 0 heterocycles. The summed E-state index contributed by atoms with van der Waals surface area (Å²) in [6, 6.07) is 8.84. The van der Waals surface area contributed by atoms with Crippen molar-refractivity contribution >= 4 is 0 Å². The predicted octanol–water partition coefficient (Wildman–Crippen LogP) is 3.61. The van der Waals surface area contributed by atoms with Crippen LogP contribution in [0.5, 0.6) is 0 Å². The van der Waals surface area contributed by atoms with Crippen LogP contribution < -0.4 is 5.32 Å². The van der Waals surface area contributed by atoms with Crippen molar-refractivity contribution in [3.05, 3.63) is 35.4 Å². The van der Waals surface area contributed by atoms with Gasteiger partial charge in [0.1, 0.15) is 0 Å². The normalized spacial score (nSPS) is 25.2. The van der Waals surface area contributed by atoms with E-state index in [9.17, 15) is 0 Å². The highest BCUT2D eigenvalue weighted by Gasteiger charge is 2.37. The highest BCUT2D eigenvalue weighted by molar-refractivity contribution is 5.31. The number of hydrogen-bond donors (Lipinski definition) is 1. The first-order valence-electron chi connectivity index (χ1n) is 7.73. The molecule has 19 heavy (non-hydrogen) atoms. The zero-order valence-corrected chi connectivity index (χ0v) is 12.0. The van der Waals surface area contributed by atoms with Crippen molar-refractivity contribution < 1.29 is 4.74 Å². The summed E-state index contributed by atoms with van der Waals surface area (Å²) < 4.78 is 6.64. The van der Waals surface area contributed by atoms with Gasteiger partial charge in [0.25, 0.3) is 0 Å². The summed E-state index contributed by atoms with van der Waals surface area (Å²) in [5.41, 5.74) is 3.02. The summed E-state index contributed by atoms with van der Waals surface area (Å²) in [5.74, 6) is 0. The number of aryl methyl sites for hydroxylation is 1. The largest absolute Gasteiger partial charge is 0.366 e. The quantitative estimate of drug-likeness (QED) is 0.892. The third-order valence-corrected chi connectivity index (χ3v) is 4.72. The molecule has 0 saturated heterocycles. The summed E-state index contributed by atoms with van der Waals surface area (Å²) in [6.45, 7) is 0.992. The lowest BCUT2D eigenvalue weighted by Gasteiger charge is -2.36. The van der Waals surface area contributed by atoms with Gasteiger partial charge >= 0.3 is 0 Å². The Morgan fingerprint density at radius 1 is 1.21 bits per heavy atom. The number of ether oxygens (including phenoxy) is 1. The van der Waals surface area contributed by atoms with Gasteiger partial charge in [0.05, 0.1) is 11.7 Å². The summed E-state index contributed by atoms with van der Waals surface area (Å²) >= 11 is 0. The van der Waals surface area contributed by atoms with Crippen LogP contribution in [0.25, 0.3) is 0 Å². The molecule has 1 unspecified atom stereocenters. The van der Waals surface area contributed by atoms with Crippen LogP contribution in [0.4, 0.5) is 0 Å². The van der Waals surface area contributed by atoms with Crippen LogP contribution in [0.15, 0.2) is 24.3 Å². The molecule has 0 bridgehead atoms. The van der Waals surface area contributed by atoms with E-state index in [0.717, 1.165) is 6.54 Å². The number of nitrogens with one attached hydrogen (secondary N) is 1. The molecular weight excluding hydrogens is 234 g/mol. The average molecular weight is 259 g/mol. The van der Waals surface area contributed by atoms with E-state index in [4.69, 9.17) is 4.74 Å². The van der Waals surface area contributed by atoms with Crippen molar-refractivity contribution in [3.8, 4) is 0 Å². The van der Waals surface area contributed by atoms with Crippen LogP contribution in [-0.2, 0) is 11.2 Å². The first-order valence-corrected chi connectivity index (χ1v) is 7.73. The van der Waals surface area contributed by atoms with Gasteiger partial charge in [-0.25, -0.2) is 0 Å². The lowest BCUT2D eigenvalue weighted by molar-refractivity contribution is -0.0958. The molecule has 1 fully saturated rings. The van der Waals surface area contributed by atoms with E-state index in [1.807, 2.05) is 7.05 Å². The van der Waals surface area contributed by atoms with Crippen molar-refractivity contribution in [2.75, 3.05) is 13.6 Å². The molecule has 0 aliphatic heterocycles. The Morgan fingerprint density at radius 2 is 2.00 bits per heavy atom. The molecule has 1 saturated carbocycles. The minimum absolute atomic E-state index is 0.0872. The van der Waals surface area contributed by atoms with Crippen LogP contribution in [-0.4, -0.2) is 19.2 Å². The standard InChI is InChI=1S/C17H25NO/c1-18-13-17(11-4-5-12-17)19-16-10-6-8-14-7-2-3-9-15(14)16/h2-3,7,9,16,18H,4-6,8,10-13H2,1H3. The summed E-state index contributed by atoms with van der Waals surface area (Å²) in [4.78, 5) is 0. The Bertz CT molecular complexity index is 423. The fourth-order valence-electron chi connectivity index (χ4n) is 3.81. The number of rotatable bonds is 4. The van der Waals surface area contributed by atoms with Gasteiger partial charge < -0.3 is 10.1 Å². The molecule has 0 radical (unpaired) electrons. The zero-order valence-electron chi connectivity index (χ0n) is 12.0. The molecule has 2 aliphatic rings. The number of likely N-dealkylation sites (N-methyl/N-ethyl adjacent to an activating group) is 1. The van der Waals surface area contributed by atoms with Crippen LogP contribution in [0, 0.1) is 0 Å². The van der Waals surface area contributed by atoms with Gasteiger partial charge in [0.15, 0.2) is 0 Å². The molecule has 104 valence electrons. The second kappa shape index (κ2) is 5.64. The predicted molar refractivity (Wildman–Crippen MR) is 78.3 cm³/mol. The van der Waals surface area contributed by atoms with Gasteiger partial charge in [-0.15, -0.1) is 0 Å². The molecular formula is C17H25NO. The van der Waals surface area contributed by atoms with Crippen molar-refractivity contribution in [1.29, 1.82) is 0 Å². The molecule has 2 heteroatoms. The van der Waals surface area contributed by atoms with E-state index in [0.29, 0.717) is 6.10 Å². The molecule has 0 spiro atoms.